The Kier molecular flexibility index (Phi) is 4.54. The third kappa shape index (κ3) is 3.29. The van der Waals surface area contributed by atoms with E-state index in [2.05, 4.69) is 15.0 Å². The largest absolute Gasteiger partial charge is 0.472 e. The highest BCUT2D eigenvalue weighted by molar-refractivity contribution is 7.13. The second-order valence-corrected chi connectivity index (χ2v) is 8.78. The molecular formula is C22H22N4O2S. The Bertz CT molecular complexity index is 1040. The summed E-state index contributed by atoms with van der Waals surface area (Å²) in [7, 11) is 0. The van der Waals surface area contributed by atoms with Gasteiger partial charge in [-0.2, -0.15) is 0 Å². The summed E-state index contributed by atoms with van der Waals surface area (Å²) in [5.41, 5.74) is 3.44. The molecule has 2 bridgehead atoms. The van der Waals surface area contributed by atoms with Gasteiger partial charge in [-0.3, -0.25) is 9.78 Å². The molecule has 3 atom stereocenters. The van der Waals surface area contributed by atoms with E-state index in [1.165, 1.54) is 11.3 Å². The fourth-order valence-corrected chi connectivity index (χ4v) is 5.23. The van der Waals surface area contributed by atoms with Crippen molar-refractivity contribution in [3.05, 3.63) is 59.0 Å². The first kappa shape index (κ1) is 18.2. The molecule has 0 N–H and O–H groups in total. The summed E-state index contributed by atoms with van der Waals surface area (Å²) < 4.78 is 6.17. The van der Waals surface area contributed by atoms with Crippen molar-refractivity contribution in [1.82, 2.24) is 19.9 Å². The molecule has 1 aliphatic carbocycles. The molecule has 29 heavy (non-hydrogen) atoms. The lowest BCUT2D eigenvalue weighted by Crippen LogP contribution is -2.47. The lowest BCUT2D eigenvalue weighted by atomic mass is 10.0. The van der Waals surface area contributed by atoms with E-state index >= 15 is 0 Å². The van der Waals surface area contributed by atoms with Gasteiger partial charge in [0.2, 0.25) is 5.88 Å². The quantitative estimate of drug-likeness (QED) is 0.657. The first-order valence-electron chi connectivity index (χ1n) is 9.86. The maximum atomic E-state index is 13.5. The van der Waals surface area contributed by atoms with Crippen LogP contribution in [0.3, 0.4) is 0 Å². The van der Waals surface area contributed by atoms with Crippen molar-refractivity contribution in [2.24, 2.45) is 5.92 Å². The molecule has 3 unspecified atom stereocenters. The fraction of sp³-hybridized carbons (Fsp3) is 0.364. The molecule has 5 rings (SSSR count). The zero-order valence-electron chi connectivity index (χ0n) is 16.4. The normalized spacial score (nSPS) is 22.8. The summed E-state index contributed by atoms with van der Waals surface area (Å²) in [5, 5.41) is 2.76. The minimum absolute atomic E-state index is 0.0268. The van der Waals surface area contributed by atoms with Crippen LogP contribution in [0.2, 0.25) is 0 Å². The van der Waals surface area contributed by atoms with Gasteiger partial charge in [-0.05, 0) is 49.8 Å². The Morgan fingerprint density at radius 3 is 2.76 bits per heavy atom. The van der Waals surface area contributed by atoms with Crippen molar-refractivity contribution in [1.29, 1.82) is 0 Å². The molecule has 3 aromatic rings. The van der Waals surface area contributed by atoms with Crippen LogP contribution in [-0.2, 0) is 0 Å². The number of carbonyl (C=O) groups is 1. The van der Waals surface area contributed by atoms with Crippen LogP contribution in [0.25, 0.3) is 10.6 Å². The number of nitrogens with zero attached hydrogens (tertiary/aromatic N) is 4. The van der Waals surface area contributed by atoms with E-state index in [1.54, 1.807) is 12.4 Å². The van der Waals surface area contributed by atoms with Crippen LogP contribution in [0, 0.1) is 19.8 Å². The highest BCUT2D eigenvalue weighted by Gasteiger charge is 2.49. The summed E-state index contributed by atoms with van der Waals surface area (Å²) in [6.07, 6.45) is 7.18. The summed E-state index contributed by atoms with van der Waals surface area (Å²) >= 11 is 1.53. The maximum Gasteiger partial charge on any atom is 0.273 e. The van der Waals surface area contributed by atoms with Crippen molar-refractivity contribution in [3.8, 4) is 16.5 Å². The Morgan fingerprint density at radius 2 is 2.03 bits per heavy atom. The molecular weight excluding hydrogens is 384 g/mol. The Balaban J connectivity index is 1.41. The van der Waals surface area contributed by atoms with Crippen molar-refractivity contribution in [2.45, 2.75) is 38.8 Å². The van der Waals surface area contributed by atoms with Crippen LogP contribution in [-0.4, -0.2) is 44.4 Å². The van der Waals surface area contributed by atoms with Gasteiger partial charge in [-0.25, -0.2) is 9.97 Å². The van der Waals surface area contributed by atoms with Crippen LogP contribution in [0.4, 0.5) is 0 Å². The molecule has 0 aromatic carbocycles. The van der Waals surface area contributed by atoms with Gasteiger partial charge in [0, 0.05) is 42.1 Å². The predicted octanol–water partition coefficient (Wildman–Crippen LogP) is 3.90. The number of pyridine rings is 2. The predicted molar refractivity (Wildman–Crippen MR) is 111 cm³/mol. The third-order valence-corrected chi connectivity index (χ3v) is 6.64. The van der Waals surface area contributed by atoms with Gasteiger partial charge >= 0.3 is 0 Å². The van der Waals surface area contributed by atoms with E-state index in [0.717, 1.165) is 41.1 Å². The second kappa shape index (κ2) is 7.22. The summed E-state index contributed by atoms with van der Waals surface area (Å²) in [6, 6.07) is 5.88. The zero-order chi connectivity index (χ0) is 20.0. The van der Waals surface area contributed by atoms with Gasteiger partial charge in [0.1, 0.15) is 16.8 Å². The van der Waals surface area contributed by atoms with E-state index < -0.39 is 0 Å². The number of carbonyl (C=O) groups excluding carboxylic acids is 1. The van der Waals surface area contributed by atoms with Gasteiger partial charge in [0.15, 0.2) is 0 Å². The number of hydrogen-bond acceptors (Lipinski definition) is 6. The number of likely N-dealkylation sites (tertiary alicyclic amines) is 1. The number of fused-ring (bicyclic) bond motifs is 2. The first-order chi connectivity index (χ1) is 14.1. The maximum absolute atomic E-state index is 13.5. The summed E-state index contributed by atoms with van der Waals surface area (Å²) in [6.45, 7) is 4.77. The van der Waals surface area contributed by atoms with Gasteiger partial charge in [-0.15, -0.1) is 11.3 Å². The second-order valence-electron chi connectivity index (χ2n) is 7.88. The van der Waals surface area contributed by atoms with Crippen LogP contribution < -0.4 is 4.74 Å². The lowest BCUT2D eigenvalue weighted by Gasteiger charge is -2.33. The van der Waals surface area contributed by atoms with E-state index in [0.29, 0.717) is 17.5 Å². The van der Waals surface area contributed by atoms with Crippen molar-refractivity contribution < 1.29 is 9.53 Å². The molecule has 4 heterocycles. The number of hydrogen-bond donors (Lipinski definition) is 0. The van der Waals surface area contributed by atoms with Crippen LogP contribution in [0.1, 0.15) is 34.5 Å². The van der Waals surface area contributed by atoms with E-state index in [1.807, 2.05) is 48.5 Å². The van der Waals surface area contributed by atoms with Gasteiger partial charge in [0.05, 0.1) is 6.04 Å². The Morgan fingerprint density at radius 1 is 1.14 bits per heavy atom. The Labute approximate surface area is 173 Å². The SMILES string of the molecule is Cc1ccc(OC2CC3CC2N(C(=O)c2nccc(C)c2-c2nccs2)C3)nc1. The standard InChI is InChI=1S/C22H22N4O2S/c1-13-3-4-18(25-11-13)28-17-10-15-9-16(17)26(12-15)22(27)20-19(14(2)5-6-23-20)21-24-7-8-29-21/h3-8,11,15-17H,9-10,12H2,1-2H3. The molecule has 1 aliphatic heterocycles. The molecule has 7 heteroatoms. The molecule has 2 fully saturated rings. The average Bonchev–Trinajstić information content (AvgIpc) is 3.46. The smallest absolute Gasteiger partial charge is 0.273 e. The van der Waals surface area contributed by atoms with Crippen molar-refractivity contribution in [2.75, 3.05) is 6.54 Å². The van der Waals surface area contributed by atoms with Crippen LogP contribution >= 0.6 is 11.3 Å². The highest BCUT2D eigenvalue weighted by Crippen LogP contribution is 2.41. The number of aryl methyl sites for hydroxylation is 2. The van der Waals surface area contributed by atoms with Gasteiger partial charge in [0.25, 0.3) is 5.91 Å². The van der Waals surface area contributed by atoms with Gasteiger partial charge in [-0.1, -0.05) is 6.07 Å². The minimum Gasteiger partial charge on any atom is -0.472 e. The topological polar surface area (TPSA) is 68.2 Å². The highest BCUT2D eigenvalue weighted by atomic mass is 32.1. The molecule has 1 amide bonds. The molecule has 1 saturated carbocycles. The monoisotopic (exact) mass is 406 g/mol. The molecule has 0 radical (unpaired) electrons. The number of rotatable bonds is 4. The van der Waals surface area contributed by atoms with Crippen LogP contribution in [0.15, 0.2) is 42.2 Å². The number of aromatic nitrogens is 3. The number of thiazole rings is 1. The average molecular weight is 407 g/mol. The third-order valence-electron chi connectivity index (χ3n) is 5.85. The van der Waals surface area contributed by atoms with E-state index in [-0.39, 0.29) is 18.1 Å². The fourth-order valence-electron chi connectivity index (χ4n) is 4.48. The van der Waals surface area contributed by atoms with E-state index in [4.69, 9.17) is 4.74 Å². The summed E-state index contributed by atoms with van der Waals surface area (Å²) in [4.78, 5) is 28.7. The molecule has 6 nitrogen and oxygen atoms in total. The molecule has 3 aromatic heterocycles. The van der Waals surface area contributed by atoms with Gasteiger partial charge < -0.3 is 9.64 Å². The zero-order valence-corrected chi connectivity index (χ0v) is 17.2. The number of amides is 1. The van der Waals surface area contributed by atoms with E-state index in [9.17, 15) is 4.79 Å². The van der Waals surface area contributed by atoms with Crippen molar-refractivity contribution in [3.63, 3.8) is 0 Å². The molecule has 2 aliphatic rings. The Hall–Kier alpha value is -2.80. The first-order valence-corrected chi connectivity index (χ1v) is 10.7. The summed E-state index contributed by atoms with van der Waals surface area (Å²) in [5.74, 6) is 1.06. The molecule has 148 valence electrons. The van der Waals surface area contributed by atoms with Crippen LogP contribution in [0.5, 0.6) is 5.88 Å². The minimum atomic E-state index is -0.0310. The number of ether oxygens (including phenoxy) is 1. The molecule has 1 saturated heterocycles. The number of piperidine rings is 1. The molecule has 0 spiro atoms. The van der Waals surface area contributed by atoms with Crippen molar-refractivity contribution >= 4 is 17.2 Å². The lowest BCUT2D eigenvalue weighted by molar-refractivity contribution is 0.0462.